The predicted molar refractivity (Wildman–Crippen MR) is 67.5 cm³/mol. The lowest BCUT2D eigenvalue weighted by Gasteiger charge is -2.01. The molecule has 0 radical (unpaired) electrons. The van der Waals surface area contributed by atoms with E-state index in [2.05, 4.69) is 22.0 Å². The Kier molecular flexibility index (Phi) is 3.74. The Morgan fingerprint density at radius 2 is 2.37 bits per heavy atom. The molecule has 2 rings (SSSR count). The Bertz CT molecular complexity index is 599. The van der Waals surface area contributed by atoms with Crippen LogP contribution in [-0.2, 0) is 18.3 Å². The number of hydrogen-bond acceptors (Lipinski definition) is 5. The first-order valence-corrected chi connectivity index (χ1v) is 5.78. The zero-order valence-electron chi connectivity index (χ0n) is 10.9. The van der Waals surface area contributed by atoms with Crippen molar-refractivity contribution in [2.24, 2.45) is 7.05 Å². The summed E-state index contributed by atoms with van der Waals surface area (Å²) >= 11 is 0. The molecule has 0 aliphatic rings. The molecule has 19 heavy (non-hydrogen) atoms. The van der Waals surface area contributed by atoms with Gasteiger partial charge < -0.3 is 4.74 Å². The summed E-state index contributed by atoms with van der Waals surface area (Å²) in [6.45, 7) is 5.88. The van der Waals surface area contributed by atoms with Crippen molar-refractivity contribution in [3.63, 3.8) is 0 Å². The van der Waals surface area contributed by atoms with Gasteiger partial charge in [0.2, 0.25) is 0 Å². The number of aromatic nitrogens is 5. The molecule has 2 heterocycles. The molecule has 0 spiro atoms. The molecule has 0 unspecified atom stereocenters. The number of aryl methyl sites for hydroxylation is 1. The van der Waals surface area contributed by atoms with Crippen LogP contribution < -0.4 is 0 Å². The highest BCUT2D eigenvalue weighted by Crippen LogP contribution is 2.08. The fourth-order valence-corrected chi connectivity index (χ4v) is 1.60. The molecule has 0 amide bonds. The molecule has 7 nitrogen and oxygen atoms in total. The number of hydrogen-bond donors (Lipinski definition) is 0. The minimum Gasteiger partial charge on any atom is -0.457 e. The van der Waals surface area contributed by atoms with Gasteiger partial charge in [-0.05, 0) is 13.0 Å². The zero-order valence-corrected chi connectivity index (χ0v) is 10.9. The minimum absolute atomic E-state index is 0.158. The van der Waals surface area contributed by atoms with E-state index in [0.717, 1.165) is 5.69 Å². The Hall–Kier alpha value is -2.44. The van der Waals surface area contributed by atoms with Crippen molar-refractivity contribution in [2.45, 2.75) is 13.5 Å². The van der Waals surface area contributed by atoms with E-state index in [-0.39, 0.29) is 12.3 Å². The fraction of sp³-hybridized carbons (Fsp3) is 0.333. The molecule has 0 atom stereocenters. The average Bonchev–Trinajstić information content (AvgIpc) is 2.95. The third-order valence-electron chi connectivity index (χ3n) is 2.59. The van der Waals surface area contributed by atoms with Gasteiger partial charge in [0.25, 0.3) is 0 Å². The molecule has 0 saturated heterocycles. The van der Waals surface area contributed by atoms with Crippen molar-refractivity contribution in [3.8, 4) is 0 Å². The summed E-state index contributed by atoms with van der Waals surface area (Å²) in [7, 11) is 1.84. The summed E-state index contributed by atoms with van der Waals surface area (Å²) in [6.07, 6.45) is 3.35. The molecule has 0 N–H and O–H groups in total. The fourth-order valence-electron chi connectivity index (χ4n) is 1.60. The van der Waals surface area contributed by atoms with Gasteiger partial charge in [-0.2, -0.15) is 5.10 Å². The second kappa shape index (κ2) is 5.47. The highest BCUT2D eigenvalue weighted by molar-refractivity contribution is 5.88. The number of nitrogens with zero attached hydrogens (tertiary/aromatic N) is 5. The van der Waals surface area contributed by atoms with Gasteiger partial charge in [-0.15, -0.1) is 5.10 Å². The van der Waals surface area contributed by atoms with Crippen molar-refractivity contribution in [1.82, 2.24) is 24.8 Å². The van der Waals surface area contributed by atoms with Crippen molar-refractivity contribution in [3.05, 3.63) is 42.0 Å². The number of esters is 1. The number of carbonyl (C=O) groups excluding carboxylic acids is 1. The molecule has 0 bridgehead atoms. The second-order valence-electron chi connectivity index (χ2n) is 4.05. The maximum absolute atomic E-state index is 11.7. The first-order valence-electron chi connectivity index (χ1n) is 5.78. The lowest BCUT2D eigenvalue weighted by molar-refractivity contribution is 0.0542. The monoisotopic (exact) mass is 261 g/mol. The van der Waals surface area contributed by atoms with E-state index in [4.69, 9.17) is 4.74 Å². The van der Waals surface area contributed by atoms with Crippen LogP contribution in [-0.4, -0.2) is 37.4 Å². The third kappa shape index (κ3) is 2.87. The Labute approximate surface area is 110 Å². The summed E-state index contributed by atoms with van der Waals surface area (Å²) in [5.74, 6) is -0.496. The average molecular weight is 261 g/mol. The summed E-state index contributed by atoms with van der Waals surface area (Å²) in [5.41, 5.74) is 1.72. The molecule has 0 fully saturated rings. The summed E-state index contributed by atoms with van der Waals surface area (Å²) in [4.78, 5) is 11.7. The van der Waals surface area contributed by atoms with Crippen LogP contribution in [0.1, 0.15) is 21.9 Å². The molecule has 7 heteroatoms. The SMILES string of the molecule is C=CCOC(=O)c1nnn(Cc2ccn(C)n2)c1C. The Morgan fingerprint density at radius 3 is 3.00 bits per heavy atom. The van der Waals surface area contributed by atoms with Gasteiger partial charge in [0, 0.05) is 13.2 Å². The molecular formula is C12H15N5O2. The van der Waals surface area contributed by atoms with E-state index in [1.807, 2.05) is 19.3 Å². The van der Waals surface area contributed by atoms with Crippen LogP contribution in [0, 0.1) is 6.92 Å². The van der Waals surface area contributed by atoms with Crippen molar-refractivity contribution in [2.75, 3.05) is 6.61 Å². The van der Waals surface area contributed by atoms with Crippen LogP contribution in [0.4, 0.5) is 0 Å². The molecule has 2 aromatic heterocycles. The second-order valence-corrected chi connectivity index (χ2v) is 4.05. The van der Waals surface area contributed by atoms with Gasteiger partial charge in [0.15, 0.2) is 5.69 Å². The maximum atomic E-state index is 11.7. The third-order valence-corrected chi connectivity index (χ3v) is 2.59. The van der Waals surface area contributed by atoms with Crippen molar-refractivity contribution >= 4 is 5.97 Å². The van der Waals surface area contributed by atoms with E-state index in [1.165, 1.54) is 6.08 Å². The standard InChI is InChI=1S/C12H15N5O2/c1-4-7-19-12(18)11-9(2)17(15-13-11)8-10-5-6-16(3)14-10/h4-6H,1,7-8H2,2-3H3. The number of carbonyl (C=O) groups is 1. The lowest BCUT2D eigenvalue weighted by Crippen LogP contribution is -2.09. The van der Waals surface area contributed by atoms with Crippen LogP contribution in [0.3, 0.4) is 0 Å². The van der Waals surface area contributed by atoms with E-state index < -0.39 is 5.97 Å². The van der Waals surface area contributed by atoms with Crippen molar-refractivity contribution < 1.29 is 9.53 Å². The van der Waals surface area contributed by atoms with Crippen molar-refractivity contribution in [1.29, 1.82) is 0 Å². The van der Waals surface area contributed by atoms with Gasteiger partial charge in [-0.1, -0.05) is 17.9 Å². The maximum Gasteiger partial charge on any atom is 0.361 e. The highest BCUT2D eigenvalue weighted by Gasteiger charge is 2.17. The quantitative estimate of drug-likeness (QED) is 0.585. The van der Waals surface area contributed by atoms with E-state index >= 15 is 0 Å². The van der Waals surface area contributed by atoms with Gasteiger partial charge in [0.1, 0.15) is 6.61 Å². The Balaban J connectivity index is 2.13. The van der Waals surface area contributed by atoms with E-state index in [9.17, 15) is 4.79 Å². The molecule has 0 saturated carbocycles. The van der Waals surface area contributed by atoms with E-state index in [0.29, 0.717) is 12.2 Å². The normalized spacial score (nSPS) is 10.4. The molecular weight excluding hydrogens is 246 g/mol. The predicted octanol–water partition coefficient (Wildman–Crippen LogP) is 0.711. The van der Waals surface area contributed by atoms with Crippen LogP contribution in [0.25, 0.3) is 0 Å². The van der Waals surface area contributed by atoms with Crippen LogP contribution in [0.15, 0.2) is 24.9 Å². The van der Waals surface area contributed by atoms with Crippen LogP contribution in [0.2, 0.25) is 0 Å². The molecule has 100 valence electrons. The van der Waals surface area contributed by atoms with Gasteiger partial charge in [-0.25, -0.2) is 9.48 Å². The topological polar surface area (TPSA) is 74.8 Å². The summed E-state index contributed by atoms with van der Waals surface area (Å²) in [6, 6.07) is 1.89. The molecule has 0 aromatic carbocycles. The van der Waals surface area contributed by atoms with Gasteiger partial charge in [-0.3, -0.25) is 4.68 Å². The molecule has 2 aromatic rings. The zero-order chi connectivity index (χ0) is 13.8. The van der Waals surface area contributed by atoms with Gasteiger partial charge >= 0.3 is 5.97 Å². The first kappa shape index (κ1) is 13.0. The lowest BCUT2D eigenvalue weighted by atomic mass is 10.3. The highest BCUT2D eigenvalue weighted by atomic mass is 16.5. The van der Waals surface area contributed by atoms with Crippen LogP contribution >= 0.6 is 0 Å². The largest absolute Gasteiger partial charge is 0.457 e. The minimum atomic E-state index is -0.496. The van der Waals surface area contributed by atoms with Gasteiger partial charge in [0.05, 0.1) is 17.9 Å². The van der Waals surface area contributed by atoms with Crippen LogP contribution in [0.5, 0.6) is 0 Å². The number of rotatable bonds is 5. The van der Waals surface area contributed by atoms with E-state index in [1.54, 1.807) is 16.3 Å². The first-order chi connectivity index (χ1) is 9.11. The Morgan fingerprint density at radius 1 is 1.58 bits per heavy atom. The summed E-state index contributed by atoms with van der Waals surface area (Å²) in [5, 5.41) is 12.0. The number of ether oxygens (including phenoxy) is 1. The molecule has 0 aliphatic heterocycles. The summed E-state index contributed by atoms with van der Waals surface area (Å²) < 4.78 is 8.26. The smallest absolute Gasteiger partial charge is 0.361 e. The molecule has 0 aliphatic carbocycles.